The molecule has 5 heteroatoms. The largest absolute Gasteiger partial charge is 0.467 e. The summed E-state index contributed by atoms with van der Waals surface area (Å²) in [6, 6.07) is 7.98. The van der Waals surface area contributed by atoms with Crippen molar-refractivity contribution in [2.24, 2.45) is 0 Å². The number of nitrogens with one attached hydrogen (secondary N) is 2. The first-order chi connectivity index (χ1) is 10.0. The number of thiophene rings is 1. The molecule has 0 saturated carbocycles. The Bertz CT molecular complexity index is 563. The molecule has 0 fully saturated rings. The lowest BCUT2D eigenvalue weighted by atomic mass is 10.1. The second-order valence-corrected chi connectivity index (χ2v) is 6.68. The molecule has 2 unspecified atom stereocenters. The van der Waals surface area contributed by atoms with E-state index in [1.807, 2.05) is 30.4 Å². The summed E-state index contributed by atoms with van der Waals surface area (Å²) in [5.41, 5.74) is 0. The third kappa shape index (κ3) is 5.02. The van der Waals surface area contributed by atoms with Crippen LogP contribution in [-0.2, 0) is 17.8 Å². The van der Waals surface area contributed by atoms with Crippen molar-refractivity contribution in [2.45, 2.75) is 45.8 Å². The van der Waals surface area contributed by atoms with Gasteiger partial charge < -0.3 is 15.1 Å². The Morgan fingerprint density at radius 3 is 2.76 bits per heavy atom. The van der Waals surface area contributed by atoms with Gasteiger partial charge in [0.15, 0.2) is 0 Å². The number of furan rings is 1. The van der Waals surface area contributed by atoms with Crippen molar-refractivity contribution in [1.29, 1.82) is 0 Å². The van der Waals surface area contributed by atoms with E-state index in [4.69, 9.17) is 4.42 Å². The minimum Gasteiger partial charge on any atom is -0.467 e. The first-order valence-electron chi connectivity index (χ1n) is 7.16. The van der Waals surface area contributed by atoms with Gasteiger partial charge in [0.2, 0.25) is 5.91 Å². The lowest BCUT2D eigenvalue weighted by Gasteiger charge is -2.19. The molecule has 2 heterocycles. The van der Waals surface area contributed by atoms with Crippen LogP contribution in [0.25, 0.3) is 0 Å². The number of rotatable bonds is 7. The van der Waals surface area contributed by atoms with Crippen LogP contribution < -0.4 is 10.6 Å². The van der Waals surface area contributed by atoms with Gasteiger partial charge in [-0.05, 0) is 51.5 Å². The van der Waals surface area contributed by atoms with Gasteiger partial charge in [-0.3, -0.25) is 4.79 Å². The predicted octanol–water partition coefficient (Wildman–Crippen LogP) is 2.88. The molecule has 114 valence electrons. The van der Waals surface area contributed by atoms with Crippen LogP contribution in [0.3, 0.4) is 0 Å². The maximum atomic E-state index is 12.0. The Morgan fingerprint density at radius 2 is 2.14 bits per heavy atom. The topological polar surface area (TPSA) is 54.3 Å². The average molecular weight is 306 g/mol. The van der Waals surface area contributed by atoms with Crippen molar-refractivity contribution in [3.8, 4) is 0 Å². The average Bonchev–Trinajstić information content (AvgIpc) is 3.07. The Balaban J connectivity index is 1.74. The van der Waals surface area contributed by atoms with Gasteiger partial charge in [0.05, 0.1) is 18.8 Å². The SMILES string of the molecule is Cc1ccc(CC(C)NC(C)C(=O)NCc2ccco2)s1. The van der Waals surface area contributed by atoms with E-state index in [2.05, 4.69) is 36.6 Å². The monoisotopic (exact) mass is 306 g/mol. The van der Waals surface area contributed by atoms with Gasteiger partial charge in [-0.1, -0.05) is 0 Å². The van der Waals surface area contributed by atoms with Crippen LogP contribution in [0.15, 0.2) is 34.9 Å². The maximum Gasteiger partial charge on any atom is 0.237 e. The van der Waals surface area contributed by atoms with E-state index < -0.39 is 0 Å². The zero-order chi connectivity index (χ0) is 15.2. The van der Waals surface area contributed by atoms with Gasteiger partial charge in [-0.2, -0.15) is 0 Å². The summed E-state index contributed by atoms with van der Waals surface area (Å²) >= 11 is 1.81. The van der Waals surface area contributed by atoms with Gasteiger partial charge in [0, 0.05) is 15.8 Å². The molecule has 4 nitrogen and oxygen atoms in total. The van der Waals surface area contributed by atoms with Crippen LogP contribution in [0.5, 0.6) is 0 Å². The summed E-state index contributed by atoms with van der Waals surface area (Å²) in [5, 5.41) is 6.20. The fraction of sp³-hybridized carbons (Fsp3) is 0.438. The minimum absolute atomic E-state index is 0.0133. The predicted molar refractivity (Wildman–Crippen MR) is 85.4 cm³/mol. The highest BCUT2D eigenvalue weighted by Gasteiger charge is 2.16. The molecule has 0 aliphatic heterocycles. The molecule has 0 aliphatic rings. The molecule has 2 rings (SSSR count). The van der Waals surface area contributed by atoms with Crippen LogP contribution in [0, 0.1) is 6.92 Å². The quantitative estimate of drug-likeness (QED) is 0.827. The third-order valence-corrected chi connectivity index (χ3v) is 4.27. The summed E-state index contributed by atoms with van der Waals surface area (Å²) in [4.78, 5) is 14.7. The van der Waals surface area contributed by atoms with Crippen molar-refractivity contribution < 1.29 is 9.21 Å². The van der Waals surface area contributed by atoms with Crippen LogP contribution in [0.2, 0.25) is 0 Å². The van der Waals surface area contributed by atoms with Gasteiger partial charge in [-0.15, -0.1) is 11.3 Å². The molecule has 2 N–H and O–H groups in total. The number of carbonyl (C=O) groups excluding carboxylic acids is 1. The second kappa shape index (κ2) is 7.43. The van der Waals surface area contributed by atoms with Gasteiger partial charge >= 0.3 is 0 Å². The van der Waals surface area contributed by atoms with Crippen molar-refractivity contribution in [2.75, 3.05) is 0 Å². The van der Waals surface area contributed by atoms with Crippen molar-refractivity contribution >= 4 is 17.2 Å². The Hall–Kier alpha value is -1.59. The molecule has 2 aromatic heterocycles. The molecule has 2 aromatic rings. The fourth-order valence-corrected chi connectivity index (χ4v) is 3.22. The summed E-state index contributed by atoms with van der Waals surface area (Å²) in [5.74, 6) is 0.748. The minimum atomic E-state index is -0.226. The number of amides is 1. The zero-order valence-corrected chi connectivity index (χ0v) is 13.5. The van der Waals surface area contributed by atoms with Crippen LogP contribution in [0.1, 0.15) is 29.4 Å². The van der Waals surface area contributed by atoms with E-state index in [0.29, 0.717) is 6.54 Å². The molecule has 0 radical (unpaired) electrons. The van der Waals surface area contributed by atoms with E-state index in [1.165, 1.54) is 9.75 Å². The molecule has 0 aromatic carbocycles. The van der Waals surface area contributed by atoms with Gasteiger partial charge in [0.1, 0.15) is 5.76 Å². The molecule has 2 atom stereocenters. The van der Waals surface area contributed by atoms with Crippen molar-refractivity contribution in [3.05, 3.63) is 46.0 Å². The number of hydrogen-bond acceptors (Lipinski definition) is 4. The molecule has 0 spiro atoms. The number of hydrogen-bond donors (Lipinski definition) is 2. The standard InChI is InChI=1S/C16H22N2O2S/c1-11(9-15-7-6-12(2)21-15)18-13(3)16(19)17-10-14-5-4-8-20-14/h4-8,11,13,18H,9-10H2,1-3H3,(H,17,19). The first-order valence-corrected chi connectivity index (χ1v) is 7.97. The Morgan fingerprint density at radius 1 is 1.33 bits per heavy atom. The van der Waals surface area contributed by atoms with E-state index in [-0.39, 0.29) is 18.0 Å². The van der Waals surface area contributed by atoms with Crippen LogP contribution in [0.4, 0.5) is 0 Å². The molecule has 21 heavy (non-hydrogen) atoms. The highest BCUT2D eigenvalue weighted by molar-refractivity contribution is 7.11. The normalized spacial score (nSPS) is 13.9. The summed E-state index contributed by atoms with van der Waals surface area (Å²) < 4.78 is 5.19. The number of aryl methyl sites for hydroxylation is 1. The molecule has 0 aliphatic carbocycles. The summed E-state index contributed by atoms with van der Waals surface area (Å²) in [7, 11) is 0. The summed E-state index contributed by atoms with van der Waals surface area (Å²) in [6.45, 7) is 6.52. The molecule has 1 amide bonds. The van der Waals surface area contributed by atoms with Crippen molar-refractivity contribution in [1.82, 2.24) is 10.6 Å². The lowest BCUT2D eigenvalue weighted by molar-refractivity contribution is -0.123. The zero-order valence-electron chi connectivity index (χ0n) is 12.7. The fourth-order valence-electron chi connectivity index (χ4n) is 2.20. The van der Waals surface area contributed by atoms with Crippen molar-refractivity contribution in [3.63, 3.8) is 0 Å². The number of carbonyl (C=O) groups is 1. The third-order valence-electron chi connectivity index (χ3n) is 3.25. The van der Waals surface area contributed by atoms with E-state index in [9.17, 15) is 4.79 Å². The lowest BCUT2D eigenvalue weighted by Crippen LogP contribution is -2.46. The van der Waals surface area contributed by atoms with Gasteiger partial charge in [0.25, 0.3) is 0 Å². The van der Waals surface area contributed by atoms with E-state index in [0.717, 1.165) is 12.2 Å². The molecule has 0 saturated heterocycles. The van der Waals surface area contributed by atoms with Crippen LogP contribution >= 0.6 is 11.3 Å². The second-order valence-electron chi connectivity index (χ2n) is 5.30. The highest BCUT2D eigenvalue weighted by Crippen LogP contribution is 2.16. The smallest absolute Gasteiger partial charge is 0.237 e. The highest BCUT2D eigenvalue weighted by atomic mass is 32.1. The Kier molecular flexibility index (Phi) is 5.59. The molecular weight excluding hydrogens is 284 g/mol. The summed E-state index contributed by atoms with van der Waals surface area (Å²) in [6.07, 6.45) is 2.54. The van der Waals surface area contributed by atoms with E-state index >= 15 is 0 Å². The Labute approximate surface area is 129 Å². The van der Waals surface area contributed by atoms with Gasteiger partial charge in [-0.25, -0.2) is 0 Å². The van der Waals surface area contributed by atoms with Crippen LogP contribution in [-0.4, -0.2) is 18.0 Å². The maximum absolute atomic E-state index is 12.0. The molecular formula is C16H22N2O2S. The van der Waals surface area contributed by atoms with E-state index in [1.54, 1.807) is 6.26 Å². The molecule has 0 bridgehead atoms. The first kappa shape index (κ1) is 15.8.